The van der Waals surface area contributed by atoms with Crippen LogP contribution in [0.5, 0.6) is 0 Å². The normalized spacial score (nSPS) is 26.9. The number of benzene rings is 3. The molecule has 7 rings (SSSR count). The lowest BCUT2D eigenvalue weighted by atomic mass is 9.55. The van der Waals surface area contributed by atoms with Crippen molar-refractivity contribution >= 4 is 23.2 Å². The predicted molar refractivity (Wildman–Crippen MR) is 108 cm³/mol. The van der Waals surface area contributed by atoms with Crippen molar-refractivity contribution < 1.29 is 20.0 Å². The molecule has 1 saturated heterocycles. The summed E-state index contributed by atoms with van der Waals surface area (Å²) < 4.78 is 0. The highest BCUT2D eigenvalue weighted by Crippen LogP contribution is 2.61. The minimum Gasteiger partial charge on any atom is -0.595 e. The van der Waals surface area contributed by atoms with Crippen LogP contribution in [0.1, 0.15) is 34.1 Å². The minimum atomic E-state index is -1.09. The van der Waals surface area contributed by atoms with Crippen LogP contribution < -0.4 is 10.1 Å². The van der Waals surface area contributed by atoms with Gasteiger partial charge in [0.1, 0.15) is 0 Å². The Morgan fingerprint density at radius 1 is 0.733 bits per heavy atom. The summed E-state index contributed by atoms with van der Waals surface area (Å²) in [6, 6.07) is 22.2. The van der Waals surface area contributed by atoms with E-state index in [0.717, 1.165) is 22.3 Å². The summed E-state index contributed by atoms with van der Waals surface area (Å²) in [5.41, 5.74) is 4.84. The fraction of sp³-hybridized carbons (Fsp3) is 0.167. The highest BCUT2D eigenvalue weighted by atomic mass is 16.8. The second-order valence-corrected chi connectivity index (χ2v) is 8.13. The van der Waals surface area contributed by atoms with Gasteiger partial charge in [-0.15, -0.1) is 0 Å². The molecule has 6 heteroatoms. The van der Waals surface area contributed by atoms with Gasteiger partial charge in [-0.25, -0.2) is 10.1 Å². The molecule has 0 radical (unpaired) electrons. The lowest BCUT2D eigenvalue weighted by Gasteiger charge is -2.45. The number of nitrogens with zero attached hydrogens (tertiary/aromatic N) is 1. The molecule has 1 aliphatic heterocycles. The van der Waals surface area contributed by atoms with Crippen LogP contribution >= 0.6 is 0 Å². The minimum absolute atomic E-state index is 0.0533. The molecule has 1 unspecified atom stereocenters. The molecule has 6 nitrogen and oxygen atoms in total. The van der Waals surface area contributed by atoms with Gasteiger partial charge in [-0.3, -0.25) is 9.59 Å². The van der Waals surface area contributed by atoms with Crippen LogP contribution in [0, 0.1) is 17.0 Å². The number of imide groups is 1. The molecule has 0 saturated carbocycles. The second-order valence-electron chi connectivity index (χ2n) is 8.13. The lowest BCUT2D eigenvalue weighted by Crippen LogP contribution is -2.99. The number of carbonyl (C=O) groups is 2. The molecule has 1 fully saturated rings. The van der Waals surface area contributed by atoms with E-state index in [4.69, 9.17) is 0 Å². The second kappa shape index (κ2) is 6.09. The smallest absolute Gasteiger partial charge is 0.238 e. The van der Waals surface area contributed by atoms with Gasteiger partial charge in [0.25, 0.3) is 0 Å². The molecule has 30 heavy (non-hydrogen) atoms. The number of quaternary nitrogens is 1. The van der Waals surface area contributed by atoms with E-state index in [1.165, 1.54) is 17.0 Å². The SMILES string of the molecule is O=C1[C@@H]2C3c4ccccc4C(c4ccccc43)[C@@H]2C(=O)N1c1cccc([NH+]([O-])O)c1. The maximum atomic E-state index is 13.6. The van der Waals surface area contributed by atoms with Crippen molar-refractivity contribution in [3.63, 3.8) is 0 Å². The number of amides is 2. The Morgan fingerprint density at radius 2 is 1.20 bits per heavy atom. The Hall–Kier alpha value is -3.32. The first-order valence-electron chi connectivity index (χ1n) is 9.96. The molecule has 3 aliphatic carbocycles. The Morgan fingerprint density at radius 3 is 1.63 bits per heavy atom. The van der Waals surface area contributed by atoms with Crippen molar-refractivity contribution in [2.24, 2.45) is 11.8 Å². The Bertz CT molecular complexity index is 1110. The summed E-state index contributed by atoms with van der Waals surface area (Å²) in [6.45, 7) is 0. The van der Waals surface area contributed by atoms with E-state index in [0.29, 0.717) is 5.69 Å². The fourth-order valence-electron chi connectivity index (χ4n) is 5.71. The van der Waals surface area contributed by atoms with Gasteiger partial charge in [-0.2, -0.15) is 5.23 Å². The molecule has 2 amide bonds. The Kier molecular flexibility index (Phi) is 3.56. The van der Waals surface area contributed by atoms with E-state index >= 15 is 0 Å². The van der Waals surface area contributed by atoms with Crippen LogP contribution in [0.2, 0.25) is 0 Å². The fourth-order valence-corrected chi connectivity index (χ4v) is 5.71. The molecule has 3 aromatic carbocycles. The van der Waals surface area contributed by atoms with E-state index < -0.39 is 17.1 Å². The highest BCUT2D eigenvalue weighted by Gasteiger charge is 2.61. The molecule has 2 bridgehead atoms. The van der Waals surface area contributed by atoms with Gasteiger partial charge < -0.3 is 5.21 Å². The number of carbonyl (C=O) groups excluding carboxylic acids is 2. The lowest BCUT2D eigenvalue weighted by molar-refractivity contribution is -0.991. The third-order valence-electron chi connectivity index (χ3n) is 6.80. The van der Waals surface area contributed by atoms with Crippen molar-refractivity contribution in [3.8, 4) is 0 Å². The number of anilines is 1. The largest absolute Gasteiger partial charge is 0.595 e. The maximum absolute atomic E-state index is 13.6. The highest BCUT2D eigenvalue weighted by molar-refractivity contribution is 6.23. The van der Waals surface area contributed by atoms with Gasteiger partial charge in [0.2, 0.25) is 11.8 Å². The van der Waals surface area contributed by atoms with Gasteiger partial charge in [-0.05, 0) is 28.3 Å². The molecule has 0 aromatic heterocycles. The van der Waals surface area contributed by atoms with E-state index in [1.807, 2.05) is 24.3 Å². The monoisotopic (exact) mass is 398 g/mol. The van der Waals surface area contributed by atoms with Gasteiger partial charge >= 0.3 is 0 Å². The maximum Gasteiger partial charge on any atom is 0.238 e. The average Bonchev–Trinajstić information content (AvgIpc) is 3.04. The standard InChI is InChI=1S/C24H18N2O4/c27-23-21-19-15-8-1-2-9-16(15)20(18-11-4-3-10-17(18)19)22(21)24(28)25(23)13-6-5-7-14(12-13)26(29)30/h1-12,19-22,26,29H/t19?,20?,21-,22+. The summed E-state index contributed by atoms with van der Waals surface area (Å²) in [6.07, 6.45) is 0. The summed E-state index contributed by atoms with van der Waals surface area (Å²) >= 11 is 0. The third kappa shape index (κ3) is 2.13. The van der Waals surface area contributed by atoms with E-state index in [1.54, 1.807) is 12.1 Å². The molecule has 1 heterocycles. The Labute approximate surface area is 172 Å². The summed E-state index contributed by atoms with van der Waals surface area (Å²) in [7, 11) is 0. The molecular formula is C24H18N2O4. The first-order valence-corrected chi connectivity index (χ1v) is 9.96. The molecule has 3 aromatic rings. The number of rotatable bonds is 2. The van der Waals surface area contributed by atoms with Crippen molar-refractivity contribution in [1.82, 2.24) is 0 Å². The Balaban J connectivity index is 1.53. The van der Waals surface area contributed by atoms with Gasteiger partial charge in [0.15, 0.2) is 5.69 Å². The van der Waals surface area contributed by atoms with Gasteiger partial charge in [0, 0.05) is 24.0 Å². The zero-order valence-corrected chi connectivity index (χ0v) is 15.9. The average molecular weight is 398 g/mol. The molecule has 148 valence electrons. The van der Waals surface area contributed by atoms with Crippen LogP contribution in [-0.2, 0) is 9.59 Å². The van der Waals surface area contributed by atoms with Crippen molar-refractivity contribution in [2.75, 3.05) is 4.90 Å². The van der Waals surface area contributed by atoms with Crippen molar-refractivity contribution in [3.05, 3.63) is 100 Å². The van der Waals surface area contributed by atoms with Crippen LogP contribution in [0.15, 0.2) is 72.8 Å². The summed E-state index contributed by atoms with van der Waals surface area (Å²) in [5, 5.41) is 19.6. The van der Waals surface area contributed by atoms with Crippen LogP contribution in [0.25, 0.3) is 0 Å². The quantitative estimate of drug-likeness (QED) is 0.513. The third-order valence-corrected chi connectivity index (χ3v) is 6.80. The zero-order valence-electron chi connectivity index (χ0n) is 15.9. The van der Waals surface area contributed by atoms with Gasteiger partial charge in [-0.1, -0.05) is 54.6 Å². The van der Waals surface area contributed by atoms with Crippen molar-refractivity contribution in [1.29, 1.82) is 0 Å². The zero-order chi connectivity index (χ0) is 20.6. The summed E-state index contributed by atoms with van der Waals surface area (Å²) in [5.74, 6) is -1.77. The predicted octanol–water partition coefficient (Wildman–Crippen LogP) is 2.49. The number of hydrogen-bond donors (Lipinski definition) is 2. The molecule has 2 N–H and O–H groups in total. The first kappa shape index (κ1) is 17.5. The number of nitrogens with one attached hydrogen (secondary N) is 1. The van der Waals surface area contributed by atoms with Crippen LogP contribution in [0.3, 0.4) is 0 Å². The van der Waals surface area contributed by atoms with E-state index in [2.05, 4.69) is 24.3 Å². The molecular weight excluding hydrogens is 380 g/mol. The van der Waals surface area contributed by atoms with Gasteiger partial charge in [0.05, 0.1) is 17.5 Å². The van der Waals surface area contributed by atoms with E-state index in [9.17, 15) is 20.0 Å². The van der Waals surface area contributed by atoms with Crippen LogP contribution in [0.4, 0.5) is 11.4 Å². The van der Waals surface area contributed by atoms with Crippen LogP contribution in [-0.4, -0.2) is 17.0 Å². The van der Waals surface area contributed by atoms with E-state index in [-0.39, 0.29) is 29.3 Å². The topological polar surface area (TPSA) is 85.1 Å². The van der Waals surface area contributed by atoms with Crippen molar-refractivity contribution in [2.45, 2.75) is 11.8 Å². The number of hydrogen-bond acceptors (Lipinski definition) is 4. The first-order chi connectivity index (χ1) is 14.6. The molecule has 3 atom stereocenters. The molecule has 0 spiro atoms. The summed E-state index contributed by atoms with van der Waals surface area (Å²) in [4.78, 5) is 28.4. The molecule has 4 aliphatic rings.